The number of hydrogen-bond acceptors (Lipinski definition) is 4. The third kappa shape index (κ3) is 5.92. The van der Waals surface area contributed by atoms with Crippen molar-refractivity contribution in [1.29, 1.82) is 0 Å². The second kappa shape index (κ2) is 10.2. The maximum absolute atomic E-state index is 13.3. The van der Waals surface area contributed by atoms with Gasteiger partial charge in [0.05, 0.1) is 4.90 Å². The summed E-state index contributed by atoms with van der Waals surface area (Å²) in [6, 6.07) is 20.7. The van der Waals surface area contributed by atoms with Crippen molar-refractivity contribution in [3.63, 3.8) is 0 Å². The van der Waals surface area contributed by atoms with E-state index < -0.39 is 26.8 Å². The van der Waals surface area contributed by atoms with Crippen LogP contribution in [0.25, 0.3) is 0 Å². The number of nitrogens with one attached hydrogen (secondary N) is 1. The van der Waals surface area contributed by atoms with E-state index in [1.165, 1.54) is 12.1 Å². The molecule has 0 aliphatic rings. The molecule has 0 bridgehead atoms. The molecule has 1 unspecified atom stereocenters. The summed E-state index contributed by atoms with van der Waals surface area (Å²) in [5, 5.41) is 1.63. The van der Waals surface area contributed by atoms with Gasteiger partial charge in [0.2, 0.25) is 0 Å². The molecule has 1 N–H and O–H groups in total. The van der Waals surface area contributed by atoms with Crippen LogP contribution in [-0.4, -0.2) is 27.5 Å². The highest BCUT2D eigenvalue weighted by Crippen LogP contribution is 2.28. The van der Waals surface area contributed by atoms with E-state index in [4.69, 9.17) is 4.74 Å². The molecule has 1 atom stereocenters. The molecular formula is C24H24FNO4S. The van der Waals surface area contributed by atoms with Gasteiger partial charge in [-0.05, 0) is 53.9 Å². The monoisotopic (exact) mass is 441 g/mol. The van der Waals surface area contributed by atoms with Gasteiger partial charge in [-0.25, -0.2) is 12.8 Å². The number of benzene rings is 3. The number of halogens is 1. The molecule has 7 heteroatoms. The Bertz CT molecular complexity index is 1120. The Morgan fingerprint density at radius 2 is 1.71 bits per heavy atom. The number of sulfone groups is 1. The molecule has 0 saturated carbocycles. The average Bonchev–Trinajstić information content (AvgIpc) is 2.79. The molecule has 3 aromatic rings. The van der Waals surface area contributed by atoms with Gasteiger partial charge in [-0.1, -0.05) is 49.4 Å². The zero-order chi connectivity index (χ0) is 22.3. The van der Waals surface area contributed by atoms with Crippen LogP contribution in [0.1, 0.15) is 23.3 Å². The third-order valence-electron chi connectivity index (χ3n) is 4.85. The van der Waals surface area contributed by atoms with E-state index in [1.807, 2.05) is 25.1 Å². The molecule has 0 aliphatic carbocycles. The summed E-state index contributed by atoms with van der Waals surface area (Å²) in [5.74, 6) is -0.377. The minimum atomic E-state index is -3.86. The predicted octanol–water partition coefficient (Wildman–Crippen LogP) is 4.10. The van der Waals surface area contributed by atoms with Crippen molar-refractivity contribution in [1.82, 2.24) is 5.32 Å². The van der Waals surface area contributed by atoms with Crippen LogP contribution in [0.3, 0.4) is 0 Å². The highest BCUT2D eigenvalue weighted by Gasteiger charge is 2.29. The molecule has 0 aromatic heterocycles. The van der Waals surface area contributed by atoms with Gasteiger partial charge in [0, 0.05) is 6.54 Å². The molecule has 162 valence electrons. The lowest BCUT2D eigenvalue weighted by Gasteiger charge is -2.19. The second-order valence-electron chi connectivity index (χ2n) is 6.99. The first-order chi connectivity index (χ1) is 14.9. The van der Waals surface area contributed by atoms with Crippen molar-refractivity contribution in [3.05, 3.63) is 95.8 Å². The van der Waals surface area contributed by atoms with Crippen molar-refractivity contribution in [3.8, 4) is 5.75 Å². The van der Waals surface area contributed by atoms with Gasteiger partial charge in [-0.2, -0.15) is 0 Å². The number of aryl methyl sites for hydroxylation is 1. The van der Waals surface area contributed by atoms with Crippen LogP contribution in [-0.2, 0) is 21.1 Å². The van der Waals surface area contributed by atoms with Gasteiger partial charge in [-0.3, -0.25) is 4.79 Å². The lowest BCUT2D eigenvalue weighted by Crippen LogP contribution is -2.35. The smallest absolute Gasteiger partial charge is 0.257 e. The fourth-order valence-electron chi connectivity index (χ4n) is 3.12. The predicted molar refractivity (Wildman–Crippen MR) is 117 cm³/mol. The molecule has 0 heterocycles. The lowest BCUT2D eigenvalue weighted by atomic mass is 10.1. The first kappa shape index (κ1) is 22.5. The Kier molecular flexibility index (Phi) is 7.41. The van der Waals surface area contributed by atoms with Gasteiger partial charge in [0.15, 0.2) is 16.4 Å². The molecule has 0 radical (unpaired) electrons. The molecule has 0 saturated heterocycles. The van der Waals surface area contributed by atoms with Gasteiger partial charge in [0.25, 0.3) is 5.91 Å². The van der Waals surface area contributed by atoms with Gasteiger partial charge >= 0.3 is 0 Å². The van der Waals surface area contributed by atoms with Gasteiger partial charge < -0.3 is 10.1 Å². The quantitative estimate of drug-likeness (QED) is 0.508. The van der Waals surface area contributed by atoms with Crippen molar-refractivity contribution < 1.29 is 22.3 Å². The number of carbonyl (C=O) groups excluding carboxylic acids is 1. The fourth-order valence-corrected chi connectivity index (χ4v) is 4.79. The van der Waals surface area contributed by atoms with Crippen LogP contribution in [0, 0.1) is 5.82 Å². The Balaban J connectivity index is 1.72. The molecule has 0 fully saturated rings. The van der Waals surface area contributed by atoms with Crippen molar-refractivity contribution >= 4 is 15.7 Å². The van der Waals surface area contributed by atoms with E-state index in [-0.39, 0.29) is 18.0 Å². The minimum Gasteiger partial charge on any atom is -0.484 e. The molecular weight excluding hydrogens is 417 g/mol. The number of ether oxygens (including phenoxy) is 1. The zero-order valence-electron chi connectivity index (χ0n) is 17.1. The summed E-state index contributed by atoms with van der Waals surface area (Å²) in [6.07, 6.45) is 0.851. The summed E-state index contributed by atoms with van der Waals surface area (Å²) in [5.41, 5.74) is 1.62. The molecule has 5 nitrogen and oxygen atoms in total. The summed E-state index contributed by atoms with van der Waals surface area (Å²) in [4.78, 5) is 12.3. The zero-order valence-corrected chi connectivity index (χ0v) is 17.9. The van der Waals surface area contributed by atoms with E-state index in [1.54, 1.807) is 36.4 Å². The first-order valence-electron chi connectivity index (χ1n) is 9.93. The van der Waals surface area contributed by atoms with Crippen LogP contribution in [0.2, 0.25) is 0 Å². The van der Waals surface area contributed by atoms with E-state index in [0.29, 0.717) is 11.3 Å². The Morgan fingerprint density at radius 3 is 2.39 bits per heavy atom. The van der Waals surface area contributed by atoms with Gasteiger partial charge in [0.1, 0.15) is 16.8 Å². The van der Waals surface area contributed by atoms with Crippen LogP contribution < -0.4 is 10.1 Å². The summed E-state index contributed by atoms with van der Waals surface area (Å²) in [6.45, 7) is 1.66. The highest BCUT2D eigenvalue weighted by molar-refractivity contribution is 7.91. The Morgan fingerprint density at radius 1 is 1.00 bits per heavy atom. The van der Waals surface area contributed by atoms with E-state index in [9.17, 15) is 17.6 Å². The molecule has 3 rings (SSSR count). The molecule has 1 amide bonds. The fraction of sp³-hybridized carbons (Fsp3) is 0.208. The summed E-state index contributed by atoms with van der Waals surface area (Å²) in [7, 11) is -3.86. The SMILES string of the molecule is CCc1cccc(OCC(=O)NCC(c2ccccc2)S(=O)(=O)c2ccc(F)cc2)c1. The summed E-state index contributed by atoms with van der Waals surface area (Å²) < 4.78 is 45.2. The molecule has 3 aromatic carbocycles. The largest absolute Gasteiger partial charge is 0.484 e. The van der Waals surface area contributed by atoms with Crippen molar-refractivity contribution in [2.45, 2.75) is 23.5 Å². The van der Waals surface area contributed by atoms with Gasteiger partial charge in [-0.15, -0.1) is 0 Å². The topological polar surface area (TPSA) is 72.5 Å². The second-order valence-corrected chi connectivity index (χ2v) is 9.12. The van der Waals surface area contributed by atoms with E-state index in [0.717, 1.165) is 24.1 Å². The highest BCUT2D eigenvalue weighted by atomic mass is 32.2. The van der Waals surface area contributed by atoms with E-state index in [2.05, 4.69) is 5.32 Å². The average molecular weight is 442 g/mol. The maximum Gasteiger partial charge on any atom is 0.257 e. The number of hydrogen-bond donors (Lipinski definition) is 1. The Hall–Kier alpha value is -3.19. The van der Waals surface area contributed by atoms with Crippen LogP contribution >= 0.6 is 0 Å². The number of amides is 1. The van der Waals surface area contributed by atoms with E-state index >= 15 is 0 Å². The standard InChI is InChI=1S/C24H24FNO4S/c1-2-18-7-6-10-21(15-18)30-17-24(27)26-16-23(19-8-4-3-5-9-19)31(28,29)22-13-11-20(25)12-14-22/h3-15,23H,2,16-17H2,1H3,(H,26,27). The summed E-state index contributed by atoms with van der Waals surface area (Å²) >= 11 is 0. The Labute approximate surface area is 181 Å². The molecule has 0 spiro atoms. The number of carbonyl (C=O) groups is 1. The first-order valence-corrected chi connectivity index (χ1v) is 11.5. The minimum absolute atomic E-state index is 0.00960. The molecule has 31 heavy (non-hydrogen) atoms. The molecule has 0 aliphatic heterocycles. The normalized spacial score (nSPS) is 12.2. The van der Waals surface area contributed by atoms with Crippen LogP contribution in [0.4, 0.5) is 4.39 Å². The third-order valence-corrected chi connectivity index (χ3v) is 6.97. The maximum atomic E-state index is 13.3. The van der Waals surface area contributed by atoms with Crippen molar-refractivity contribution in [2.24, 2.45) is 0 Å². The lowest BCUT2D eigenvalue weighted by molar-refractivity contribution is -0.123. The van der Waals surface area contributed by atoms with Crippen LogP contribution in [0.15, 0.2) is 83.8 Å². The number of rotatable bonds is 9. The van der Waals surface area contributed by atoms with Crippen molar-refractivity contribution in [2.75, 3.05) is 13.2 Å². The van der Waals surface area contributed by atoms with Crippen LogP contribution in [0.5, 0.6) is 5.75 Å².